The Bertz CT molecular complexity index is 917. The molecule has 1 N–H and O–H groups in total. The zero-order valence-electron chi connectivity index (χ0n) is 16.0. The molecule has 3 heterocycles. The Morgan fingerprint density at radius 1 is 1.21 bits per heavy atom. The Morgan fingerprint density at radius 3 is 2.93 bits per heavy atom. The van der Waals surface area contributed by atoms with Crippen molar-refractivity contribution in [2.45, 2.75) is 31.8 Å². The van der Waals surface area contributed by atoms with Crippen molar-refractivity contribution in [2.75, 3.05) is 26.2 Å². The molecule has 1 unspecified atom stereocenters. The standard InChI is InChI=1S/C21H23Cl2N3O2S/c22-15-3-4-17(23)16(12-15)21(28)26-8-1-2-18(26)20(27)24-7-10-25-9-5-19-14(13-25)6-11-29-19/h3-4,6,11-12,18H,1-2,5,7-10,13H2,(H,24,27). The molecule has 4 rings (SSSR count). The molecular weight excluding hydrogens is 429 g/mol. The lowest BCUT2D eigenvalue weighted by atomic mass is 10.1. The summed E-state index contributed by atoms with van der Waals surface area (Å²) in [6.45, 7) is 3.89. The van der Waals surface area contributed by atoms with Gasteiger partial charge in [-0.25, -0.2) is 0 Å². The van der Waals surface area contributed by atoms with E-state index < -0.39 is 6.04 Å². The first-order valence-electron chi connectivity index (χ1n) is 9.84. The Hall–Kier alpha value is -1.60. The summed E-state index contributed by atoms with van der Waals surface area (Å²) >= 11 is 14.0. The molecule has 1 atom stereocenters. The minimum absolute atomic E-state index is 0.0952. The number of thiophene rings is 1. The number of nitrogens with zero attached hydrogens (tertiary/aromatic N) is 2. The molecule has 154 valence electrons. The predicted molar refractivity (Wildman–Crippen MR) is 117 cm³/mol. The van der Waals surface area contributed by atoms with Gasteiger partial charge in [-0.3, -0.25) is 14.5 Å². The summed E-state index contributed by atoms with van der Waals surface area (Å²) in [6.07, 6.45) is 2.54. The lowest BCUT2D eigenvalue weighted by Gasteiger charge is -2.28. The fourth-order valence-electron chi connectivity index (χ4n) is 4.05. The van der Waals surface area contributed by atoms with E-state index >= 15 is 0 Å². The van der Waals surface area contributed by atoms with E-state index in [1.54, 1.807) is 23.1 Å². The third-order valence-corrected chi connectivity index (χ3v) is 7.18. The normalized spacial score (nSPS) is 19.2. The summed E-state index contributed by atoms with van der Waals surface area (Å²) in [7, 11) is 0. The lowest BCUT2D eigenvalue weighted by Crippen LogP contribution is -2.47. The van der Waals surface area contributed by atoms with Crippen molar-refractivity contribution in [3.63, 3.8) is 0 Å². The van der Waals surface area contributed by atoms with Gasteiger partial charge in [-0.15, -0.1) is 11.3 Å². The maximum atomic E-state index is 12.9. The van der Waals surface area contributed by atoms with Crippen LogP contribution in [0.25, 0.3) is 0 Å². The molecule has 1 saturated heterocycles. The summed E-state index contributed by atoms with van der Waals surface area (Å²) in [6, 6.07) is 6.55. The SMILES string of the molecule is O=C(NCCN1CCc2sccc2C1)C1CCCN1C(=O)c1cc(Cl)ccc1Cl. The summed E-state index contributed by atoms with van der Waals surface area (Å²) in [4.78, 5) is 31.2. The monoisotopic (exact) mass is 451 g/mol. The topological polar surface area (TPSA) is 52.7 Å². The van der Waals surface area contributed by atoms with Crippen LogP contribution in [0.2, 0.25) is 10.0 Å². The highest BCUT2D eigenvalue weighted by Crippen LogP contribution is 2.26. The Morgan fingerprint density at radius 2 is 2.07 bits per heavy atom. The number of halogens is 2. The van der Waals surface area contributed by atoms with Crippen molar-refractivity contribution < 1.29 is 9.59 Å². The summed E-state index contributed by atoms with van der Waals surface area (Å²) in [5, 5.41) is 5.97. The number of amides is 2. The molecule has 0 radical (unpaired) electrons. The van der Waals surface area contributed by atoms with E-state index in [4.69, 9.17) is 23.2 Å². The number of rotatable bonds is 5. The Kier molecular flexibility index (Phi) is 6.44. The van der Waals surface area contributed by atoms with Crippen LogP contribution in [0.4, 0.5) is 0 Å². The Labute approximate surface area is 184 Å². The smallest absolute Gasteiger partial charge is 0.256 e. The van der Waals surface area contributed by atoms with Crippen LogP contribution in [0.5, 0.6) is 0 Å². The van der Waals surface area contributed by atoms with Crippen LogP contribution >= 0.6 is 34.5 Å². The second kappa shape index (κ2) is 9.04. The van der Waals surface area contributed by atoms with E-state index in [0.717, 1.165) is 32.5 Å². The molecule has 0 spiro atoms. The van der Waals surface area contributed by atoms with E-state index in [0.29, 0.717) is 35.1 Å². The van der Waals surface area contributed by atoms with Gasteiger partial charge in [0.2, 0.25) is 5.91 Å². The van der Waals surface area contributed by atoms with Crippen LogP contribution in [0.15, 0.2) is 29.6 Å². The maximum absolute atomic E-state index is 12.9. The number of carbonyl (C=O) groups is 2. The van der Waals surface area contributed by atoms with Gasteiger partial charge in [-0.05, 0) is 54.5 Å². The molecule has 2 aliphatic rings. The van der Waals surface area contributed by atoms with Gasteiger partial charge in [0.05, 0.1) is 10.6 Å². The van der Waals surface area contributed by atoms with Gasteiger partial charge in [0.1, 0.15) is 6.04 Å². The van der Waals surface area contributed by atoms with Gasteiger partial charge in [0.15, 0.2) is 0 Å². The third-order valence-electron chi connectivity index (χ3n) is 5.59. The van der Waals surface area contributed by atoms with Crippen LogP contribution in [0, 0.1) is 0 Å². The number of hydrogen-bond donors (Lipinski definition) is 1. The lowest BCUT2D eigenvalue weighted by molar-refractivity contribution is -0.124. The van der Waals surface area contributed by atoms with Gasteiger partial charge in [-0.2, -0.15) is 0 Å². The molecule has 1 fully saturated rings. The second-order valence-corrected chi connectivity index (χ2v) is 9.31. The zero-order chi connectivity index (χ0) is 20.4. The highest BCUT2D eigenvalue weighted by atomic mass is 35.5. The zero-order valence-corrected chi connectivity index (χ0v) is 18.3. The molecule has 2 amide bonds. The van der Waals surface area contributed by atoms with E-state index in [-0.39, 0.29) is 11.8 Å². The molecule has 2 aliphatic heterocycles. The largest absolute Gasteiger partial charge is 0.353 e. The molecule has 29 heavy (non-hydrogen) atoms. The van der Waals surface area contributed by atoms with Crippen LogP contribution < -0.4 is 5.32 Å². The van der Waals surface area contributed by atoms with Crippen LogP contribution in [-0.2, 0) is 17.8 Å². The van der Waals surface area contributed by atoms with Crippen molar-refractivity contribution in [2.24, 2.45) is 0 Å². The molecule has 0 bridgehead atoms. The fraction of sp³-hybridized carbons (Fsp3) is 0.429. The molecule has 8 heteroatoms. The van der Waals surface area contributed by atoms with Gasteiger partial charge >= 0.3 is 0 Å². The first-order chi connectivity index (χ1) is 14.0. The van der Waals surface area contributed by atoms with Crippen molar-refractivity contribution in [1.29, 1.82) is 0 Å². The molecule has 1 aromatic carbocycles. The van der Waals surface area contributed by atoms with Crippen LogP contribution in [-0.4, -0.2) is 53.8 Å². The van der Waals surface area contributed by atoms with Gasteiger partial charge in [0.25, 0.3) is 5.91 Å². The molecule has 0 aliphatic carbocycles. The van der Waals surface area contributed by atoms with Gasteiger partial charge in [-0.1, -0.05) is 23.2 Å². The van der Waals surface area contributed by atoms with Crippen molar-refractivity contribution >= 4 is 46.4 Å². The van der Waals surface area contributed by atoms with Gasteiger partial charge in [0, 0.05) is 42.6 Å². The minimum atomic E-state index is -0.456. The predicted octanol–water partition coefficient (Wildman–Crippen LogP) is 3.83. The number of nitrogens with one attached hydrogen (secondary N) is 1. The Balaban J connectivity index is 1.32. The molecule has 5 nitrogen and oxygen atoms in total. The number of carbonyl (C=O) groups excluding carboxylic acids is 2. The molecule has 2 aromatic rings. The minimum Gasteiger partial charge on any atom is -0.353 e. The van der Waals surface area contributed by atoms with Gasteiger partial charge < -0.3 is 10.2 Å². The summed E-state index contributed by atoms with van der Waals surface area (Å²) < 4.78 is 0. The van der Waals surface area contributed by atoms with Crippen molar-refractivity contribution in [3.8, 4) is 0 Å². The first kappa shape index (κ1) is 20.7. The third kappa shape index (κ3) is 4.61. The molecule has 0 saturated carbocycles. The highest BCUT2D eigenvalue weighted by Gasteiger charge is 2.35. The highest BCUT2D eigenvalue weighted by molar-refractivity contribution is 7.10. The average molecular weight is 452 g/mol. The van der Waals surface area contributed by atoms with E-state index in [1.165, 1.54) is 10.4 Å². The van der Waals surface area contributed by atoms with E-state index in [1.807, 2.05) is 11.3 Å². The van der Waals surface area contributed by atoms with E-state index in [9.17, 15) is 9.59 Å². The number of benzene rings is 1. The van der Waals surface area contributed by atoms with Crippen LogP contribution in [0.3, 0.4) is 0 Å². The van der Waals surface area contributed by atoms with Crippen molar-refractivity contribution in [1.82, 2.24) is 15.1 Å². The maximum Gasteiger partial charge on any atom is 0.256 e. The van der Waals surface area contributed by atoms with E-state index in [2.05, 4.69) is 21.7 Å². The molecule has 1 aromatic heterocycles. The first-order valence-corrected chi connectivity index (χ1v) is 11.5. The number of likely N-dealkylation sites (tertiary alicyclic amines) is 1. The fourth-order valence-corrected chi connectivity index (χ4v) is 5.31. The summed E-state index contributed by atoms with van der Waals surface area (Å²) in [5.41, 5.74) is 1.75. The number of hydrogen-bond acceptors (Lipinski definition) is 4. The second-order valence-electron chi connectivity index (χ2n) is 7.47. The van der Waals surface area contributed by atoms with Crippen molar-refractivity contribution in [3.05, 3.63) is 55.7 Å². The average Bonchev–Trinajstić information content (AvgIpc) is 3.38. The number of fused-ring (bicyclic) bond motifs is 1. The molecular formula is C21H23Cl2N3O2S. The summed E-state index contributed by atoms with van der Waals surface area (Å²) in [5.74, 6) is -0.335. The van der Waals surface area contributed by atoms with Crippen LogP contribution in [0.1, 0.15) is 33.6 Å². The quantitative estimate of drug-likeness (QED) is 0.750.